The Kier molecular flexibility index (Phi) is 4.55. The topological polar surface area (TPSA) is 56.5 Å². The van der Waals surface area contributed by atoms with Crippen LogP contribution in [0.5, 0.6) is 0 Å². The summed E-state index contributed by atoms with van der Waals surface area (Å²) in [6.45, 7) is 0. The van der Waals surface area contributed by atoms with Crippen LogP contribution in [0.3, 0.4) is 0 Å². The van der Waals surface area contributed by atoms with Crippen LogP contribution in [-0.2, 0) is 0 Å². The van der Waals surface area contributed by atoms with E-state index in [1.165, 1.54) is 43.7 Å². The summed E-state index contributed by atoms with van der Waals surface area (Å²) in [5, 5.41) is 5.21. The number of hydrogen-bond acceptors (Lipinski definition) is 4. The van der Waals surface area contributed by atoms with E-state index < -0.39 is 0 Å². The van der Waals surface area contributed by atoms with E-state index in [0.29, 0.717) is 17.5 Å². The van der Waals surface area contributed by atoms with Crippen molar-refractivity contribution in [2.45, 2.75) is 0 Å². The first kappa shape index (κ1) is 22.2. The summed E-state index contributed by atoms with van der Waals surface area (Å²) in [4.78, 5) is 19.4. The average molecular weight is 524 g/mol. The number of nitrogens with zero attached hydrogens (tertiary/aromatic N) is 5. The van der Waals surface area contributed by atoms with Gasteiger partial charge in [-0.3, -0.25) is 4.98 Å². The molecule has 3 aromatic heterocycles. The third kappa shape index (κ3) is 3.23. The molecule has 41 heavy (non-hydrogen) atoms. The molecule has 5 nitrogen and oxygen atoms in total. The molecule has 190 valence electrons. The number of pyridine rings is 1. The Morgan fingerprint density at radius 3 is 1.76 bits per heavy atom. The monoisotopic (exact) mass is 523 g/mol. The van der Waals surface area contributed by atoms with E-state index in [1.807, 2.05) is 73.1 Å². The van der Waals surface area contributed by atoms with Crippen molar-refractivity contribution in [3.63, 3.8) is 0 Å². The maximum atomic E-state index is 4.92. The molecule has 0 saturated heterocycles. The minimum atomic E-state index is 0.591. The fourth-order valence-electron chi connectivity index (χ4n) is 6.26. The molecule has 0 bridgehead atoms. The first-order valence-electron chi connectivity index (χ1n) is 13.7. The number of fused-ring (bicyclic) bond motifs is 1. The van der Waals surface area contributed by atoms with Crippen molar-refractivity contribution in [1.82, 2.24) is 24.5 Å². The summed E-state index contributed by atoms with van der Waals surface area (Å²) in [5.41, 5.74) is 8.65. The van der Waals surface area contributed by atoms with Crippen molar-refractivity contribution >= 4 is 32.6 Å². The predicted molar refractivity (Wildman–Crippen MR) is 165 cm³/mol. The molecule has 9 rings (SSSR count). The highest BCUT2D eigenvalue weighted by molar-refractivity contribution is 6.33. The molecule has 3 heterocycles. The summed E-state index contributed by atoms with van der Waals surface area (Å²) >= 11 is 0. The molecule has 1 aliphatic carbocycles. The van der Waals surface area contributed by atoms with Crippen molar-refractivity contribution in [2.75, 3.05) is 0 Å². The lowest BCUT2D eigenvalue weighted by molar-refractivity contribution is 1.06. The van der Waals surface area contributed by atoms with E-state index >= 15 is 0 Å². The molecule has 5 heteroatoms. The zero-order valence-corrected chi connectivity index (χ0v) is 21.9. The number of benzene rings is 5. The van der Waals surface area contributed by atoms with E-state index in [1.54, 1.807) is 0 Å². The highest BCUT2D eigenvalue weighted by Gasteiger charge is 2.25. The molecule has 1 aliphatic rings. The van der Waals surface area contributed by atoms with Crippen molar-refractivity contribution in [3.8, 4) is 51.0 Å². The van der Waals surface area contributed by atoms with E-state index in [2.05, 4.69) is 64.1 Å². The van der Waals surface area contributed by atoms with Gasteiger partial charge in [-0.2, -0.15) is 0 Å². The lowest BCUT2D eigenvalue weighted by Gasteiger charge is -2.12. The number of aromatic nitrogens is 5. The Morgan fingerprint density at radius 1 is 0.439 bits per heavy atom. The molecular formula is C36H21N5. The summed E-state index contributed by atoms with van der Waals surface area (Å²) in [7, 11) is 0. The van der Waals surface area contributed by atoms with Crippen LogP contribution >= 0.6 is 0 Å². The van der Waals surface area contributed by atoms with Crippen LogP contribution < -0.4 is 0 Å². The molecule has 0 amide bonds. The van der Waals surface area contributed by atoms with Crippen molar-refractivity contribution in [2.24, 2.45) is 0 Å². The minimum Gasteiger partial charge on any atom is -0.308 e. The van der Waals surface area contributed by atoms with Crippen LogP contribution in [0.2, 0.25) is 0 Å². The molecular weight excluding hydrogens is 502 g/mol. The fourth-order valence-corrected chi connectivity index (χ4v) is 6.26. The van der Waals surface area contributed by atoms with Gasteiger partial charge in [0.1, 0.15) is 0 Å². The van der Waals surface area contributed by atoms with E-state index in [-0.39, 0.29) is 0 Å². The maximum absolute atomic E-state index is 4.92. The van der Waals surface area contributed by atoms with Gasteiger partial charge in [-0.25, -0.2) is 15.0 Å². The van der Waals surface area contributed by atoms with Gasteiger partial charge in [-0.05, 0) is 40.1 Å². The Labute approximate surface area is 235 Å². The molecule has 0 saturated carbocycles. The SMILES string of the molecule is c1ccc(-c2nc(-c3ccccc3)nc(-c3cncc(-n4c5cccc6c5c5c7c-6cccc7ccc54)c3)n2)cc1. The summed E-state index contributed by atoms with van der Waals surface area (Å²) in [6, 6.07) is 39.8. The van der Waals surface area contributed by atoms with Crippen LogP contribution in [0.1, 0.15) is 0 Å². The van der Waals surface area contributed by atoms with Crippen molar-refractivity contribution in [3.05, 3.63) is 128 Å². The van der Waals surface area contributed by atoms with Crippen LogP contribution in [0.25, 0.3) is 83.6 Å². The summed E-state index contributed by atoms with van der Waals surface area (Å²) < 4.78 is 2.32. The van der Waals surface area contributed by atoms with Crippen LogP contribution in [0, 0.1) is 0 Å². The normalized spacial score (nSPS) is 11.9. The van der Waals surface area contributed by atoms with Gasteiger partial charge in [0.15, 0.2) is 17.5 Å². The van der Waals surface area contributed by atoms with Crippen molar-refractivity contribution < 1.29 is 0 Å². The Balaban J connectivity index is 1.27. The highest BCUT2D eigenvalue weighted by atomic mass is 15.0. The number of rotatable bonds is 4. The Bertz CT molecular complexity index is 2250. The second-order valence-corrected chi connectivity index (χ2v) is 10.4. The predicted octanol–water partition coefficient (Wildman–Crippen LogP) is 8.50. The highest BCUT2D eigenvalue weighted by Crippen LogP contribution is 2.49. The second-order valence-electron chi connectivity index (χ2n) is 10.4. The summed E-state index contributed by atoms with van der Waals surface area (Å²) in [6.07, 6.45) is 3.76. The van der Waals surface area contributed by atoms with Gasteiger partial charge in [0, 0.05) is 33.7 Å². The van der Waals surface area contributed by atoms with E-state index in [0.717, 1.165) is 22.4 Å². The molecule has 0 unspecified atom stereocenters. The van der Waals surface area contributed by atoms with Gasteiger partial charge in [0.2, 0.25) is 0 Å². The van der Waals surface area contributed by atoms with Gasteiger partial charge >= 0.3 is 0 Å². The van der Waals surface area contributed by atoms with E-state index in [9.17, 15) is 0 Å². The lowest BCUT2D eigenvalue weighted by Crippen LogP contribution is -2.01. The maximum Gasteiger partial charge on any atom is 0.165 e. The molecule has 0 radical (unpaired) electrons. The Hall–Kier alpha value is -5.68. The first-order valence-corrected chi connectivity index (χ1v) is 13.7. The van der Waals surface area contributed by atoms with Crippen LogP contribution in [0.4, 0.5) is 0 Å². The van der Waals surface area contributed by atoms with Crippen LogP contribution in [0.15, 0.2) is 128 Å². The Morgan fingerprint density at radius 2 is 1.05 bits per heavy atom. The van der Waals surface area contributed by atoms with E-state index in [4.69, 9.17) is 15.0 Å². The fraction of sp³-hybridized carbons (Fsp3) is 0. The smallest absolute Gasteiger partial charge is 0.165 e. The molecule has 0 N–H and O–H groups in total. The summed E-state index contributed by atoms with van der Waals surface area (Å²) in [5.74, 6) is 1.86. The average Bonchev–Trinajstić information content (AvgIpc) is 3.58. The van der Waals surface area contributed by atoms with Gasteiger partial charge in [0.05, 0.1) is 22.9 Å². The first-order chi connectivity index (χ1) is 20.3. The zero-order valence-electron chi connectivity index (χ0n) is 21.9. The lowest BCUT2D eigenvalue weighted by atomic mass is 10.0. The molecule has 8 aromatic rings. The third-order valence-electron chi connectivity index (χ3n) is 8.03. The molecule has 0 atom stereocenters. The van der Waals surface area contributed by atoms with Gasteiger partial charge in [-0.15, -0.1) is 0 Å². The standard InChI is InChI=1S/C36H21N5/c1-3-9-23(10-4-1)34-38-35(24-11-5-2-6-12-24)40-36(39-34)25-19-26(21-37-20-25)41-29-16-8-15-28-27-14-7-13-22-17-18-30(41)33(31(22)27)32(28)29/h1-21H. The zero-order chi connectivity index (χ0) is 26.9. The van der Waals surface area contributed by atoms with Gasteiger partial charge < -0.3 is 4.57 Å². The quantitative estimate of drug-likeness (QED) is 0.232. The van der Waals surface area contributed by atoms with Crippen LogP contribution in [-0.4, -0.2) is 24.5 Å². The van der Waals surface area contributed by atoms with Gasteiger partial charge in [-0.1, -0.05) is 97.1 Å². The molecule has 0 aliphatic heterocycles. The largest absolute Gasteiger partial charge is 0.308 e. The molecule has 0 spiro atoms. The molecule has 5 aromatic carbocycles. The molecule has 0 fully saturated rings. The van der Waals surface area contributed by atoms with Crippen molar-refractivity contribution in [1.29, 1.82) is 0 Å². The minimum absolute atomic E-state index is 0.591. The second kappa shape index (κ2) is 8.41. The third-order valence-corrected chi connectivity index (χ3v) is 8.03. The number of hydrogen-bond donors (Lipinski definition) is 0. The van der Waals surface area contributed by atoms with Gasteiger partial charge in [0.25, 0.3) is 0 Å².